The summed E-state index contributed by atoms with van der Waals surface area (Å²) in [6.45, 7) is 6.63. The molecule has 0 saturated heterocycles. The molecule has 3 heterocycles. The first-order valence-electron chi connectivity index (χ1n) is 6.25. The van der Waals surface area contributed by atoms with Gasteiger partial charge in [0.15, 0.2) is 4.77 Å². The first-order valence-corrected chi connectivity index (χ1v) is 8.35. The summed E-state index contributed by atoms with van der Waals surface area (Å²) in [6.07, 6.45) is 0. The van der Waals surface area contributed by atoms with Crippen LogP contribution in [0.25, 0.3) is 10.2 Å². The van der Waals surface area contributed by atoms with Gasteiger partial charge in [0.1, 0.15) is 4.83 Å². The molecule has 0 amide bonds. The maximum absolute atomic E-state index is 12.7. The van der Waals surface area contributed by atoms with E-state index in [9.17, 15) is 4.79 Å². The van der Waals surface area contributed by atoms with Crippen LogP contribution in [-0.2, 0) is 6.54 Å². The number of H-pyrrole nitrogens is 1. The molecule has 0 spiro atoms. The molecular formula is C14H14N2OS3. The summed E-state index contributed by atoms with van der Waals surface area (Å²) in [5.74, 6) is 0. The number of nitrogens with one attached hydrogen (secondary N) is 1. The Balaban J connectivity index is 2.26. The first-order chi connectivity index (χ1) is 9.49. The number of thiophene rings is 2. The van der Waals surface area contributed by atoms with E-state index in [1.54, 1.807) is 27.2 Å². The highest BCUT2D eigenvalue weighted by Gasteiger charge is 2.13. The molecule has 0 aromatic carbocycles. The molecule has 0 aliphatic heterocycles. The Labute approximate surface area is 129 Å². The van der Waals surface area contributed by atoms with Crippen LogP contribution in [0.2, 0.25) is 0 Å². The van der Waals surface area contributed by atoms with Crippen molar-refractivity contribution in [3.8, 4) is 0 Å². The van der Waals surface area contributed by atoms with Gasteiger partial charge in [-0.3, -0.25) is 9.36 Å². The Bertz CT molecular complexity index is 911. The van der Waals surface area contributed by atoms with Gasteiger partial charge in [0.25, 0.3) is 5.56 Å². The smallest absolute Gasteiger partial charge is 0.263 e. The third-order valence-electron chi connectivity index (χ3n) is 3.58. The highest BCUT2D eigenvalue weighted by molar-refractivity contribution is 7.71. The lowest BCUT2D eigenvalue weighted by molar-refractivity contribution is 0.741. The number of aromatic amines is 1. The molecule has 0 fully saturated rings. The fraction of sp³-hybridized carbons (Fsp3) is 0.286. The Morgan fingerprint density at radius 2 is 2.10 bits per heavy atom. The van der Waals surface area contributed by atoms with Crippen molar-refractivity contribution in [2.75, 3.05) is 0 Å². The Kier molecular flexibility index (Phi) is 3.40. The molecule has 0 bridgehead atoms. The second-order valence-electron chi connectivity index (χ2n) is 4.84. The number of fused-ring (bicyclic) bond motifs is 1. The number of nitrogens with zero attached hydrogens (tertiary/aromatic N) is 1. The van der Waals surface area contributed by atoms with Gasteiger partial charge in [-0.05, 0) is 55.6 Å². The van der Waals surface area contributed by atoms with Crippen LogP contribution in [-0.4, -0.2) is 9.55 Å². The van der Waals surface area contributed by atoms with Gasteiger partial charge in [0.2, 0.25) is 0 Å². The lowest BCUT2D eigenvalue weighted by atomic mass is 10.2. The van der Waals surface area contributed by atoms with E-state index in [2.05, 4.69) is 18.0 Å². The van der Waals surface area contributed by atoms with Crippen LogP contribution in [0.3, 0.4) is 0 Å². The number of rotatable bonds is 2. The zero-order chi connectivity index (χ0) is 14.4. The SMILES string of the molecule is Cc1ccsc1Cn1c(=S)[nH]c2sc(C)c(C)c2c1=O. The number of hydrogen-bond donors (Lipinski definition) is 1. The normalized spacial score (nSPS) is 11.3. The van der Waals surface area contributed by atoms with Gasteiger partial charge in [-0.2, -0.15) is 0 Å². The van der Waals surface area contributed by atoms with Crippen molar-refractivity contribution in [2.45, 2.75) is 27.3 Å². The second kappa shape index (κ2) is 4.95. The summed E-state index contributed by atoms with van der Waals surface area (Å²) in [6, 6.07) is 2.07. The van der Waals surface area contributed by atoms with Crippen LogP contribution in [0, 0.1) is 25.5 Å². The van der Waals surface area contributed by atoms with E-state index in [1.807, 2.05) is 19.2 Å². The minimum Gasteiger partial charge on any atom is -0.323 e. The van der Waals surface area contributed by atoms with Crippen LogP contribution in [0.4, 0.5) is 0 Å². The molecule has 0 unspecified atom stereocenters. The van der Waals surface area contributed by atoms with Gasteiger partial charge in [0, 0.05) is 9.75 Å². The summed E-state index contributed by atoms with van der Waals surface area (Å²) in [5.41, 5.74) is 2.27. The zero-order valence-corrected chi connectivity index (χ0v) is 13.9. The summed E-state index contributed by atoms with van der Waals surface area (Å²) in [7, 11) is 0. The summed E-state index contributed by atoms with van der Waals surface area (Å²) >= 11 is 8.61. The lowest BCUT2D eigenvalue weighted by Crippen LogP contribution is -2.22. The van der Waals surface area contributed by atoms with E-state index in [4.69, 9.17) is 12.2 Å². The first kappa shape index (κ1) is 13.7. The van der Waals surface area contributed by atoms with Crippen molar-refractivity contribution in [1.82, 2.24) is 9.55 Å². The molecular weight excluding hydrogens is 308 g/mol. The van der Waals surface area contributed by atoms with Gasteiger partial charge in [-0.15, -0.1) is 22.7 Å². The average molecular weight is 322 g/mol. The van der Waals surface area contributed by atoms with Crippen molar-refractivity contribution >= 4 is 45.1 Å². The van der Waals surface area contributed by atoms with Gasteiger partial charge < -0.3 is 4.98 Å². The van der Waals surface area contributed by atoms with Crippen molar-refractivity contribution in [2.24, 2.45) is 0 Å². The Morgan fingerprint density at radius 3 is 2.75 bits per heavy atom. The van der Waals surface area contributed by atoms with Gasteiger partial charge in [0.05, 0.1) is 11.9 Å². The summed E-state index contributed by atoms with van der Waals surface area (Å²) in [4.78, 5) is 19.1. The number of hydrogen-bond acceptors (Lipinski definition) is 4. The maximum Gasteiger partial charge on any atom is 0.263 e. The molecule has 0 aliphatic carbocycles. The van der Waals surface area contributed by atoms with Crippen LogP contribution < -0.4 is 5.56 Å². The summed E-state index contributed by atoms with van der Waals surface area (Å²) in [5, 5.41) is 2.82. The van der Waals surface area contributed by atoms with Gasteiger partial charge in [-0.1, -0.05) is 0 Å². The fourth-order valence-electron chi connectivity index (χ4n) is 2.22. The molecule has 3 aromatic rings. The third-order valence-corrected chi connectivity index (χ3v) is 6.03. The molecule has 0 radical (unpaired) electrons. The van der Waals surface area contributed by atoms with E-state index in [0.717, 1.165) is 20.7 Å². The highest BCUT2D eigenvalue weighted by Crippen LogP contribution is 2.26. The monoisotopic (exact) mass is 322 g/mol. The number of aryl methyl sites for hydroxylation is 3. The Morgan fingerprint density at radius 1 is 1.35 bits per heavy atom. The van der Waals surface area contributed by atoms with Crippen LogP contribution in [0.15, 0.2) is 16.2 Å². The standard InChI is InChI=1S/C14H14N2OS3/c1-7-4-5-19-10(7)6-16-13(17)11-8(2)9(3)20-12(11)15-14(16)18/h4-5H,6H2,1-3H3,(H,15,18). The van der Waals surface area contributed by atoms with E-state index in [0.29, 0.717) is 11.3 Å². The average Bonchev–Trinajstić information content (AvgIpc) is 2.90. The van der Waals surface area contributed by atoms with Crippen molar-refractivity contribution < 1.29 is 0 Å². The minimum absolute atomic E-state index is 0.0124. The van der Waals surface area contributed by atoms with Crippen LogP contribution >= 0.6 is 34.9 Å². The quantitative estimate of drug-likeness (QED) is 0.720. The largest absolute Gasteiger partial charge is 0.323 e. The van der Waals surface area contributed by atoms with E-state index >= 15 is 0 Å². The van der Waals surface area contributed by atoms with Crippen LogP contribution in [0.1, 0.15) is 20.9 Å². The highest BCUT2D eigenvalue weighted by atomic mass is 32.1. The maximum atomic E-state index is 12.7. The molecule has 0 aliphatic rings. The van der Waals surface area contributed by atoms with E-state index in [1.165, 1.54) is 10.4 Å². The Hall–Kier alpha value is -1.24. The summed E-state index contributed by atoms with van der Waals surface area (Å²) < 4.78 is 2.16. The topological polar surface area (TPSA) is 37.8 Å². The predicted octanol–water partition coefficient (Wildman–Crippen LogP) is 4.16. The van der Waals surface area contributed by atoms with E-state index < -0.39 is 0 Å². The fourth-order valence-corrected chi connectivity index (χ4v) is 4.48. The van der Waals surface area contributed by atoms with Crippen molar-refractivity contribution in [3.05, 3.63) is 47.5 Å². The molecule has 3 rings (SSSR count). The predicted molar refractivity (Wildman–Crippen MR) is 88.9 cm³/mol. The van der Waals surface area contributed by atoms with E-state index in [-0.39, 0.29) is 5.56 Å². The lowest BCUT2D eigenvalue weighted by Gasteiger charge is -2.06. The molecule has 1 N–H and O–H groups in total. The molecule has 6 heteroatoms. The van der Waals surface area contributed by atoms with Crippen molar-refractivity contribution in [3.63, 3.8) is 0 Å². The molecule has 0 saturated carbocycles. The number of aromatic nitrogens is 2. The second-order valence-corrected chi connectivity index (χ2v) is 7.45. The molecule has 3 nitrogen and oxygen atoms in total. The van der Waals surface area contributed by atoms with Gasteiger partial charge in [-0.25, -0.2) is 0 Å². The molecule has 3 aromatic heterocycles. The molecule has 20 heavy (non-hydrogen) atoms. The van der Waals surface area contributed by atoms with Crippen molar-refractivity contribution in [1.29, 1.82) is 0 Å². The third kappa shape index (κ3) is 2.08. The zero-order valence-electron chi connectivity index (χ0n) is 11.4. The van der Waals surface area contributed by atoms with Gasteiger partial charge >= 0.3 is 0 Å². The molecule has 0 atom stereocenters. The minimum atomic E-state index is 0.0124. The molecule has 104 valence electrons. The van der Waals surface area contributed by atoms with Crippen LogP contribution in [0.5, 0.6) is 0 Å².